The molecule has 20 heavy (non-hydrogen) atoms. The number of benzene rings is 2. The Morgan fingerprint density at radius 1 is 0.600 bits per heavy atom. The van der Waals surface area contributed by atoms with Crippen LogP contribution in [0.25, 0.3) is 0 Å². The average molecular weight is 313 g/mol. The predicted octanol–water partition coefficient (Wildman–Crippen LogP) is 4.26. The molecule has 0 atom stereocenters. The molecule has 0 amide bonds. The van der Waals surface area contributed by atoms with E-state index in [4.69, 9.17) is 11.5 Å². The van der Waals surface area contributed by atoms with Gasteiger partial charge in [0, 0.05) is 11.4 Å². The second kappa shape index (κ2) is 9.51. The van der Waals surface area contributed by atoms with Gasteiger partial charge in [0.05, 0.1) is 0 Å². The van der Waals surface area contributed by atoms with Crippen LogP contribution in [0.1, 0.15) is 24.0 Å². The number of hydrogen-bond acceptors (Lipinski definition) is 2. The van der Waals surface area contributed by atoms with Crippen molar-refractivity contribution >= 4 is 36.2 Å². The zero-order valence-electron chi connectivity index (χ0n) is 11.4. The summed E-state index contributed by atoms with van der Waals surface area (Å²) >= 11 is 0. The van der Waals surface area contributed by atoms with Crippen LogP contribution in [0.5, 0.6) is 0 Å². The number of nitrogens with two attached hydrogens (primary N) is 2. The van der Waals surface area contributed by atoms with Gasteiger partial charge < -0.3 is 11.5 Å². The average Bonchev–Trinajstić information content (AvgIpc) is 2.38. The van der Waals surface area contributed by atoms with Gasteiger partial charge in [0.25, 0.3) is 0 Å². The molecule has 0 saturated carbocycles. The molecule has 2 aromatic carbocycles. The number of para-hydroxylation sites is 2. The molecule has 2 aromatic rings. The molecule has 0 spiro atoms. The Balaban J connectivity index is 0.00000180. The molecule has 0 unspecified atom stereocenters. The van der Waals surface area contributed by atoms with Gasteiger partial charge in [-0.3, -0.25) is 0 Å². The second-order valence-corrected chi connectivity index (χ2v) is 4.60. The van der Waals surface area contributed by atoms with E-state index in [-0.39, 0.29) is 24.8 Å². The Bertz CT molecular complexity index is 468. The second-order valence-electron chi connectivity index (χ2n) is 4.60. The molecular weight excluding hydrogens is 291 g/mol. The van der Waals surface area contributed by atoms with Gasteiger partial charge in [0.1, 0.15) is 0 Å². The number of unbranched alkanes of at least 4 members (excludes halogenated alkanes) is 1. The zero-order chi connectivity index (χ0) is 12.8. The summed E-state index contributed by atoms with van der Waals surface area (Å²) in [7, 11) is 0. The molecule has 2 rings (SSSR count). The van der Waals surface area contributed by atoms with Gasteiger partial charge in [-0.2, -0.15) is 0 Å². The Hall–Kier alpha value is -1.38. The number of aryl methyl sites for hydroxylation is 2. The molecule has 0 radical (unpaired) electrons. The standard InChI is InChI=1S/C16H20N2.2ClH/c17-15-11-5-3-9-13(15)7-1-2-8-14-10-4-6-12-16(14)18;;/h3-6,9-12H,1-2,7-8,17-18H2;2*1H. The molecule has 0 aliphatic rings. The largest absolute Gasteiger partial charge is 0.399 e. The van der Waals surface area contributed by atoms with Crippen LogP contribution < -0.4 is 11.5 Å². The van der Waals surface area contributed by atoms with Crippen LogP contribution in [0.15, 0.2) is 48.5 Å². The van der Waals surface area contributed by atoms with Crippen molar-refractivity contribution in [2.24, 2.45) is 0 Å². The minimum atomic E-state index is 0. The molecule has 0 bridgehead atoms. The highest BCUT2D eigenvalue weighted by Gasteiger charge is 2.00. The van der Waals surface area contributed by atoms with E-state index >= 15 is 0 Å². The van der Waals surface area contributed by atoms with Gasteiger partial charge in [-0.15, -0.1) is 24.8 Å². The normalized spacial score (nSPS) is 9.40. The van der Waals surface area contributed by atoms with Crippen molar-refractivity contribution in [1.29, 1.82) is 0 Å². The van der Waals surface area contributed by atoms with Crippen molar-refractivity contribution in [3.63, 3.8) is 0 Å². The van der Waals surface area contributed by atoms with Crippen molar-refractivity contribution in [3.05, 3.63) is 59.7 Å². The third-order valence-electron chi connectivity index (χ3n) is 3.25. The molecule has 4 heteroatoms. The van der Waals surface area contributed by atoms with Gasteiger partial charge in [-0.25, -0.2) is 0 Å². The molecular formula is C16H22Cl2N2. The maximum atomic E-state index is 5.92. The van der Waals surface area contributed by atoms with Gasteiger partial charge in [-0.05, 0) is 48.9 Å². The number of halogens is 2. The Morgan fingerprint density at radius 3 is 1.30 bits per heavy atom. The first-order valence-electron chi connectivity index (χ1n) is 6.44. The van der Waals surface area contributed by atoms with Crippen LogP contribution in [0.4, 0.5) is 11.4 Å². The van der Waals surface area contributed by atoms with Crippen LogP contribution in [0.2, 0.25) is 0 Å². The molecule has 0 fully saturated rings. The molecule has 110 valence electrons. The van der Waals surface area contributed by atoms with E-state index < -0.39 is 0 Å². The summed E-state index contributed by atoms with van der Waals surface area (Å²) in [6.07, 6.45) is 4.36. The van der Waals surface area contributed by atoms with E-state index in [0.29, 0.717) is 0 Å². The number of anilines is 2. The van der Waals surface area contributed by atoms with Crippen LogP contribution in [-0.2, 0) is 12.8 Å². The number of nitrogen functional groups attached to an aromatic ring is 2. The fourth-order valence-corrected chi connectivity index (χ4v) is 2.15. The highest BCUT2D eigenvalue weighted by atomic mass is 35.5. The zero-order valence-corrected chi connectivity index (χ0v) is 13.1. The SMILES string of the molecule is Cl.Cl.Nc1ccccc1CCCCc1ccccc1N. The summed E-state index contributed by atoms with van der Waals surface area (Å²) in [6.45, 7) is 0. The Kier molecular flexibility index (Phi) is 8.86. The number of hydrogen-bond donors (Lipinski definition) is 2. The molecule has 0 aliphatic carbocycles. The number of rotatable bonds is 5. The van der Waals surface area contributed by atoms with Crippen LogP contribution >= 0.6 is 24.8 Å². The maximum Gasteiger partial charge on any atom is 0.0346 e. The molecule has 2 nitrogen and oxygen atoms in total. The summed E-state index contributed by atoms with van der Waals surface area (Å²) < 4.78 is 0. The van der Waals surface area contributed by atoms with Gasteiger partial charge in [-0.1, -0.05) is 36.4 Å². The van der Waals surface area contributed by atoms with Crippen LogP contribution in [0.3, 0.4) is 0 Å². The van der Waals surface area contributed by atoms with E-state index in [2.05, 4.69) is 12.1 Å². The van der Waals surface area contributed by atoms with Crippen molar-refractivity contribution in [2.45, 2.75) is 25.7 Å². The van der Waals surface area contributed by atoms with Gasteiger partial charge >= 0.3 is 0 Å². The lowest BCUT2D eigenvalue weighted by molar-refractivity contribution is 0.736. The van der Waals surface area contributed by atoms with Gasteiger partial charge in [0.2, 0.25) is 0 Å². The highest BCUT2D eigenvalue weighted by molar-refractivity contribution is 5.85. The molecule has 0 saturated heterocycles. The van der Waals surface area contributed by atoms with E-state index in [9.17, 15) is 0 Å². The van der Waals surface area contributed by atoms with Crippen molar-refractivity contribution in [3.8, 4) is 0 Å². The molecule has 0 aromatic heterocycles. The molecule has 0 aliphatic heterocycles. The quantitative estimate of drug-likeness (QED) is 0.640. The van der Waals surface area contributed by atoms with Gasteiger partial charge in [0.15, 0.2) is 0 Å². The molecule has 4 N–H and O–H groups in total. The Morgan fingerprint density at radius 2 is 0.950 bits per heavy atom. The van der Waals surface area contributed by atoms with E-state index in [1.54, 1.807) is 0 Å². The monoisotopic (exact) mass is 312 g/mol. The minimum absolute atomic E-state index is 0. The third-order valence-corrected chi connectivity index (χ3v) is 3.25. The predicted molar refractivity (Wildman–Crippen MR) is 92.8 cm³/mol. The van der Waals surface area contributed by atoms with Crippen LogP contribution in [-0.4, -0.2) is 0 Å². The van der Waals surface area contributed by atoms with E-state index in [0.717, 1.165) is 37.1 Å². The lowest BCUT2D eigenvalue weighted by atomic mass is 10.0. The lowest BCUT2D eigenvalue weighted by Crippen LogP contribution is -1.96. The topological polar surface area (TPSA) is 52.0 Å². The van der Waals surface area contributed by atoms with E-state index in [1.807, 2.05) is 36.4 Å². The summed E-state index contributed by atoms with van der Waals surface area (Å²) in [6, 6.07) is 16.2. The molecule has 0 heterocycles. The first kappa shape index (κ1) is 18.6. The summed E-state index contributed by atoms with van der Waals surface area (Å²) in [5, 5.41) is 0. The smallest absolute Gasteiger partial charge is 0.0346 e. The first-order valence-corrected chi connectivity index (χ1v) is 6.44. The van der Waals surface area contributed by atoms with Crippen molar-refractivity contribution < 1.29 is 0 Å². The fourth-order valence-electron chi connectivity index (χ4n) is 2.15. The summed E-state index contributed by atoms with van der Waals surface area (Å²) in [5.74, 6) is 0. The van der Waals surface area contributed by atoms with Crippen molar-refractivity contribution in [2.75, 3.05) is 11.5 Å². The van der Waals surface area contributed by atoms with Crippen molar-refractivity contribution in [1.82, 2.24) is 0 Å². The van der Waals surface area contributed by atoms with Crippen LogP contribution in [0, 0.1) is 0 Å². The summed E-state index contributed by atoms with van der Waals surface area (Å²) in [5.41, 5.74) is 16.1. The highest BCUT2D eigenvalue weighted by Crippen LogP contribution is 2.17. The fraction of sp³-hybridized carbons (Fsp3) is 0.250. The lowest BCUT2D eigenvalue weighted by Gasteiger charge is -2.06. The summed E-state index contributed by atoms with van der Waals surface area (Å²) in [4.78, 5) is 0. The minimum Gasteiger partial charge on any atom is -0.399 e. The van der Waals surface area contributed by atoms with E-state index in [1.165, 1.54) is 11.1 Å². The maximum absolute atomic E-state index is 5.92. The Labute approximate surface area is 133 Å². The third kappa shape index (κ3) is 5.32. The first-order chi connectivity index (χ1) is 8.77.